The van der Waals surface area contributed by atoms with Crippen LogP contribution in [0.25, 0.3) is 0 Å². The van der Waals surface area contributed by atoms with Crippen LogP contribution in [0.15, 0.2) is 41.3 Å². The first-order valence-electron chi connectivity index (χ1n) is 10.1. The smallest absolute Gasteiger partial charge is 0.338 e. The molecule has 0 spiro atoms. The number of anilines is 1. The van der Waals surface area contributed by atoms with Gasteiger partial charge in [0.1, 0.15) is 13.2 Å². The molecule has 2 aliphatic rings. The number of hydrogen-bond donors (Lipinski definition) is 1. The van der Waals surface area contributed by atoms with Gasteiger partial charge >= 0.3 is 5.97 Å². The summed E-state index contributed by atoms with van der Waals surface area (Å²) in [6.07, 6.45) is 0. The van der Waals surface area contributed by atoms with E-state index in [9.17, 15) is 18.0 Å². The molecule has 0 radical (unpaired) electrons. The summed E-state index contributed by atoms with van der Waals surface area (Å²) in [6, 6.07) is 8.59. The number of hydrogen-bond acceptors (Lipinski definition) is 8. The van der Waals surface area contributed by atoms with Crippen molar-refractivity contribution in [2.24, 2.45) is 0 Å². The predicted molar refractivity (Wildman–Crippen MR) is 117 cm³/mol. The fourth-order valence-corrected chi connectivity index (χ4v) is 4.87. The molecular weight excluding hydrogens is 476 g/mol. The van der Waals surface area contributed by atoms with Crippen LogP contribution in [0.1, 0.15) is 10.4 Å². The lowest BCUT2D eigenvalue weighted by atomic mass is 10.2. The van der Waals surface area contributed by atoms with Crippen LogP contribution in [0.3, 0.4) is 0 Å². The number of nitrogens with zero attached hydrogens (tertiary/aromatic N) is 1. The zero-order valence-corrected chi connectivity index (χ0v) is 19.0. The number of carbonyl (C=O) groups excluding carboxylic acids is 2. The first-order chi connectivity index (χ1) is 15.8. The van der Waals surface area contributed by atoms with E-state index in [2.05, 4.69) is 5.32 Å². The van der Waals surface area contributed by atoms with Crippen molar-refractivity contribution in [1.82, 2.24) is 4.31 Å². The van der Waals surface area contributed by atoms with Crippen molar-refractivity contribution in [3.63, 3.8) is 0 Å². The Kier molecular flexibility index (Phi) is 7.03. The van der Waals surface area contributed by atoms with E-state index in [1.54, 1.807) is 6.07 Å². The number of ether oxygens (including phenoxy) is 4. The average Bonchev–Trinajstić information content (AvgIpc) is 2.84. The third-order valence-electron chi connectivity index (χ3n) is 4.93. The molecule has 2 heterocycles. The monoisotopic (exact) mass is 496 g/mol. The summed E-state index contributed by atoms with van der Waals surface area (Å²) in [7, 11) is -3.77. The van der Waals surface area contributed by atoms with Crippen LogP contribution in [-0.2, 0) is 24.3 Å². The Balaban J connectivity index is 1.39. The second kappa shape index (κ2) is 9.96. The molecule has 2 aliphatic heterocycles. The molecule has 10 nitrogen and oxygen atoms in total. The van der Waals surface area contributed by atoms with Crippen molar-refractivity contribution < 1.29 is 37.0 Å². The first kappa shape index (κ1) is 23.3. The van der Waals surface area contributed by atoms with Crippen LogP contribution in [0.4, 0.5) is 5.69 Å². The lowest BCUT2D eigenvalue weighted by Gasteiger charge is -2.26. The minimum absolute atomic E-state index is 0.0163. The number of halogens is 1. The first-order valence-corrected chi connectivity index (χ1v) is 11.9. The van der Waals surface area contributed by atoms with Crippen LogP contribution in [0.2, 0.25) is 5.02 Å². The number of sulfonamides is 1. The van der Waals surface area contributed by atoms with Gasteiger partial charge in [-0.25, -0.2) is 13.2 Å². The highest BCUT2D eigenvalue weighted by atomic mass is 35.5. The van der Waals surface area contributed by atoms with Gasteiger partial charge < -0.3 is 24.3 Å². The molecule has 33 heavy (non-hydrogen) atoms. The predicted octanol–water partition coefficient (Wildman–Crippen LogP) is 1.93. The van der Waals surface area contributed by atoms with Gasteiger partial charge in [-0.15, -0.1) is 0 Å². The SMILES string of the molecule is O=C(COC(=O)c1ccc2c(c1)OCCO2)Nc1cc(S(=O)(=O)N2CCOCC2)ccc1Cl. The molecule has 0 atom stereocenters. The molecule has 0 saturated carbocycles. The fourth-order valence-electron chi connectivity index (χ4n) is 3.27. The second-order valence-electron chi connectivity index (χ2n) is 7.14. The summed E-state index contributed by atoms with van der Waals surface area (Å²) in [4.78, 5) is 24.6. The van der Waals surface area contributed by atoms with Crippen LogP contribution in [0, 0.1) is 0 Å². The van der Waals surface area contributed by atoms with Crippen LogP contribution >= 0.6 is 11.6 Å². The van der Waals surface area contributed by atoms with Gasteiger partial charge in [-0.1, -0.05) is 11.6 Å². The normalized spacial score (nSPS) is 16.2. The molecule has 0 aromatic heterocycles. The maximum Gasteiger partial charge on any atom is 0.338 e. The molecule has 2 aromatic rings. The summed E-state index contributed by atoms with van der Waals surface area (Å²) < 4.78 is 48.1. The molecule has 0 unspecified atom stereocenters. The van der Waals surface area contributed by atoms with Crippen molar-refractivity contribution in [2.75, 3.05) is 51.4 Å². The Morgan fingerprint density at radius 3 is 2.48 bits per heavy atom. The zero-order valence-electron chi connectivity index (χ0n) is 17.4. The third kappa shape index (κ3) is 5.38. The van der Waals surface area contributed by atoms with Crippen LogP contribution in [0.5, 0.6) is 11.5 Å². The number of benzene rings is 2. The topological polar surface area (TPSA) is 120 Å². The minimum Gasteiger partial charge on any atom is -0.486 e. The van der Waals surface area contributed by atoms with E-state index < -0.39 is 28.5 Å². The Morgan fingerprint density at radius 2 is 1.73 bits per heavy atom. The molecule has 1 N–H and O–H groups in total. The molecule has 12 heteroatoms. The van der Waals surface area contributed by atoms with Crippen LogP contribution < -0.4 is 14.8 Å². The van der Waals surface area contributed by atoms with E-state index in [1.165, 1.54) is 34.6 Å². The maximum absolute atomic E-state index is 12.8. The molecule has 1 amide bonds. The Labute approximate surface area is 195 Å². The number of rotatable bonds is 6. The standard InChI is InChI=1S/C21H21ClN2O8S/c22-16-3-2-15(33(27,28)24-5-7-29-8-6-24)12-17(16)23-20(25)13-32-21(26)14-1-4-18-19(11-14)31-10-9-30-18/h1-4,11-12H,5-10,13H2,(H,23,25). The molecule has 176 valence electrons. The van der Waals surface area contributed by atoms with E-state index in [0.29, 0.717) is 37.9 Å². The lowest BCUT2D eigenvalue weighted by molar-refractivity contribution is -0.119. The number of morpholine rings is 1. The van der Waals surface area contributed by atoms with Crippen molar-refractivity contribution in [1.29, 1.82) is 0 Å². The Hall–Kier alpha value is -2.86. The second-order valence-corrected chi connectivity index (χ2v) is 9.49. The number of amides is 1. The third-order valence-corrected chi connectivity index (χ3v) is 7.16. The minimum atomic E-state index is -3.77. The van der Waals surface area contributed by atoms with Gasteiger partial charge in [-0.3, -0.25) is 4.79 Å². The maximum atomic E-state index is 12.8. The lowest BCUT2D eigenvalue weighted by Crippen LogP contribution is -2.40. The summed E-state index contributed by atoms with van der Waals surface area (Å²) in [5.41, 5.74) is 0.287. The highest BCUT2D eigenvalue weighted by Gasteiger charge is 2.27. The molecule has 0 aliphatic carbocycles. The number of carbonyl (C=O) groups is 2. The average molecular weight is 497 g/mol. The van der Waals surface area contributed by atoms with E-state index in [4.69, 9.17) is 30.5 Å². The van der Waals surface area contributed by atoms with E-state index >= 15 is 0 Å². The molecule has 0 bridgehead atoms. The van der Waals surface area contributed by atoms with E-state index in [0.717, 1.165) is 0 Å². The largest absolute Gasteiger partial charge is 0.486 e. The highest BCUT2D eigenvalue weighted by molar-refractivity contribution is 7.89. The fraction of sp³-hybridized carbons (Fsp3) is 0.333. The number of esters is 1. The van der Waals surface area contributed by atoms with Gasteiger partial charge in [0.15, 0.2) is 18.1 Å². The Bertz CT molecular complexity index is 1160. The molecule has 2 aromatic carbocycles. The van der Waals surface area contributed by atoms with Gasteiger partial charge in [0, 0.05) is 13.1 Å². The van der Waals surface area contributed by atoms with Gasteiger partial charge in [-0.05, 0) is 36.4 Å². The molecule has 1 fully saturated rings. The van der Waals surface area contributed by atoms with E-state index in [-0.39, 0.29) is 34.3 Å². The summed E-state index contributed by atoms with van der Waals surface area (Å²) in [6.45, 7) is 1.30. The van der Waals surface area contributed by atoms with Crippen molar-refractivity contribution in [2.45, 2.75) is 4.90 Å². The number of fused-ring (bicyclic) bond motifs is 1. The van der Waals surface area contributed by atoms with Gasteiger partial charge in [0.05, 0.1) is 34.4 Å². The zero-order chi connectivity index (χ0) is 23.4. The van der Waals surface area contributed by atoms with E-state index in [1.807, 2.05) is 0 Å². The quantitative estimate of drug-likeness (QED) is 0.602. The van der Waals surface area contributed by atoms with Gasteiger partial charge in [0.25, 0.3) is 5.91 Å². The Morgan fingerprint density at radius 1 is 1.00 bits per heavy atom. The summed E-state index contributed by atoms with van der Waals surface area (Å²) >= 11 is 6.13. The highest BCUT2D eigenvalue weighted by Crippen LogP contribution is 2.31. The van der Waals surface area contributed by atoms with Gasteiger partial charge in [-0.2, -0.15) is 4.31 Å². The molecular formula is C21H21ClN2O8S. The molecule has 4 rings (SSSR count). The molecule has 1 saturated heterocycles. The number of nitrogens with one attached hydrogen (secondary N) is 1. The van der Waals surface area contributed by atoms with Crippen LogP contribution in [-0.4, -0.2) is 70.7 Å². The van der Waals surface area contributed by atoms with Gasteiger partial charge in [0.2, 0.25) is 10.0 Å². The van der Waals surface area contributed by atoms with Crippen molar-refractivity contribution >= 4 is 39.2 Å². The van der Waals surface area contributed by atoms with Crippen molar-refractivity contribution in [3.8, 4) is 11.5 Å². The summed E-state index contributed by atoms with van der Waals surface area (Å²) in [5.74, 6) is -0.456. The summed E-state index contributed by atoms with van der Waals surface area (Å²) in [5, 5.41) is 2.62. The van der Waals surface area contributed by atoms with Crippen molar-refractivity contribution in [3.05, 3.63) is 47.0 Å².